The lowest BCUT2D eigenvalue weighted by atomic mass is 9.80. The number of anilines is 4. The molecular weight excluding hydrogens is 519 g/mol. The average molecular weight is 557 g/mol. The third-order valence-corrected chi connectivity index (χ3v) is 8.77. The second-order valence-electron chi connectivity index (χ2n) is 12.0. The van der Waals surface area contributed by atoms with Crippen LogP contribution in [0.15, 0.2) is 36.7 Å². The molecule has 210 valence electrons. The highest BCUT2D eigenvalue weighted by atomic mass is 32.2. The third kappa shape index (κ3) is 5.79. The summed E-state index contributed by atoms with van der Waals surface area (Å²) < 4.78 is 37.9. The molecule has 1 aromatic carbocycles. The smallest absolute Gasteiger partial charge is 0.227 e. The number of nitrogens with zero attached hydrogens (tertiary/aromatic N) is 5. The van der Waals surface area contributed by atoms with Crippen molar-refractivity contribution in [2.45, 2.75) is 45.9 Å². The first kappa shape index (κ1) is 27.5. The van der Waals surface area contributed by atoms with Crippen LogP contribution < -0.4 is 15.1 Å². The zero-order chi connectivity index (χ0) is 28.1. The second-order valence-corrected chi connectivity index (χ2v) is 14.2. The van der Waals surface area contributed by atoms with Crippen LogP contribution in [-0.4, -0.2) is 78.9 Å². The van der Waals surface area contributed by atoms with Gasteiger partial charge in [0.15, 0.2) is 0 Å². The fourth-order valence-electron chi connectivity index (χ4n) is 5.70. The van der Waals surface area contributed by atoms with E-state index in [0.717, 1.165) is 16.5 Å². The maximum atomic E-state index is 14.5. The molecule has 0 amide bonds. The Morgan fingerprint density at radius 3 is 2.51 bits per heavy atom. The van der Waals surface area contributed by atoms with Crippen molar-refractivity contribution in [1.82, 2.24) is 15.0 Å². The molecule has 39 heavy (non-hydrogen) atoms. The van der Waals surface area contributed by atoms with E-state index in [0.29, 0.717) is 43.1 Å². The van der Waals surface area contributed by atoms with Crippen LogP contribution in [0.5, 0.6) is 0 Å². The summed E-state index contributed by atoms with van der Waals surface area (Å²) in [7, 11) is -3.00. The molecular formula is C28H37FN6O3S. The lowest BCUT2D eigenvalue weighted by molar-refractivity contribution is -0.0257. The number of sulfone groups is 1. The number of alkyl halides is 1. The minimum atomic E-state index is -3.00. The summed E-state index contributed by atoms with van der Waals surface area (Å²) in [6, 6.07) is 8.00. The van der Waals surface area contributed by atoms with Crippen LogP contribution in [0.4, 0.5) is 27.7 Å². The van der Waals surface area contributed by atoms with Crippen molar-refractivity contribution >= 4 is 43.9 Å². The van der Waals surface area contributed by atoms with E-state index >= 15 is 0 Å². The number of rotatable bonds is 7. The molecule has 9 nitrogen and oxygen atoms in total. The number of pyridine rings is 1. The maximum Gasteiger partial charge on any atom is 0.227 e. The molecule has 0 bridgehead atoms. The molecule has 0 spiro atoms. The topological polar surface area (TPSA) is 112 Å². The van der Waals surface area contributed by atoms with Gasteiger partial charge in [0, 0.05) is 60.7 Å². The van der Waals surface area contributed by atoms with Gasteiger partial charge in [-0.15, -0.1) is 0 Å². The first-order valence-corrected chi connectivity index (χ1v) is 15.4. The molecule has 0 radical (unpaired) electrons. The Hall–Kier alpha value is -3.05. The highest BCUT2D eigenvalue weighted by Crippen LogP contribution is 2.37. The molecule has 0 unspecified atom stereocenters. The number of hydrogen-bond donors (Lipinski definition) is 2. The van der Waals surface area contributed by atoms with Gasteiger partial charge in [0.25, 0.3) is 0 Å². The van der Waals surface area contributed by atoms with E-state index in [1.807, 2.05) is 26.1 Å². The summed E-state index contributed by atoms with van der Waals surface area (Å²) in [5.41, 5.74) is 1.62. The number of fused-ring (bicyclic) bond motifs is 1. The van der Waals surface area contributed by atoms with Gasteiger partial charge in [-0.25, -0.2) is 22.8 Å². The van der Waals surface area contributed by atoms with Gasteiger partial charge in [-0.3, -0.25) is 0 Å². The summed E-state index contributed by atoms with van der Waals surface area (Å²) in [6.45, 7) is 9.86. The van der Waals surface area contributed by atoms with Crippen molar-refractivity contribution in [3.05, 3.63) is 42.2 Å². The number of halogens is 1. The monoisotopic (exact) mass is 556 g/mol. The Morgan fingerprint density at radius 1 is 1.10 bits per heavy atom. The zero-order valence-electron chi connectivity index (χ0n) is 23.1. The molecule has 0 aliphatic carbocycles. The predicted molar refractivity (Wildman–Crippen MR) is 153 cm³/mol. The van der Waals surface area contributed by atoms with Gasteiger partial charge in [-0.1, -0.05) is 33.8 Å². The van der Waals surface area contributed by atoms with Gasteiger partial charge < -0.3 is 20.2 Å². The predicted octanol–water partition coefficient (Wildman–Crippen LogP) is 3.92. The SMILES string of the molecule is CC(C)c1ccc(N2CC(CS(C)(=O)=O)C2)c2cnc(Nc3ccnc(N4C[C@@H](F)[C@@H](O)C(C)(C)C4)n3)cc12. The van der Waals surface area contributed by atoms with Gasteiger partial charge in [0.1, 0.15) is 27.6 Å². The quantitative estimate of drug-likeness (QED) is 0.447. The molecule has 2 fully saturated rings. The Bertz CT molecular complexity index is 1480. The van der Waals surface area contributed by atoms with Crippen LogP contribution in [0.25, 0.3) is 10.8 Å². The highest BCUT2D eigenvalue weighted by molar-refractivity contribution is 7.90. The van der Waals surface area contributed by atoms with Gasteiger partial charge in [0.05, 0.1) is 18.4 Å². The van der Waals surface area contributed by atoms with E-state index in [4.69, 9.17) is 0 Å². The highest BCUT2D eigenvalue weighted by Gasteiger charge is 2.42. The second kappa shape index (κ2) is 10.2. The summed E-state index contributed by atoms with van der Waals surface area (Å²) in [6.07, 6.45) is 2.36. The lowest BCUT2D eigenvalue weighted by Gasteiger charge is -2.43. The first-order valence-electron chi connectivity index (χ1n) is 13.3. The van der Waals surface area contributed by atoms with Gasteiger partial charge >= 0.3 is 0 Å². The molecule has 0 saturated carbocycles. The van der Waals surface area contributed by atoms with Crippen molar-refractivity contribution in [2.24, 2.45) is 11.3 Å². The molecule has 5 rings (SSSR count). The van der Waals surface area contributed by atoms with Crippen molar-refractivity contribution in [3.63, 3.8) is 0 Å². The number of aromatic nitrogens is 3. The van der Waals surface area contributed by atoms with Crippen LogP contribution in [-0.2, 0) is 9.84 Å². The van der Waals surface area contributed by atoms with Crippen LogP contribution in [0.3, 0.4) is 0 Å². The molecule has 2 N–H and O–H groups in total. The summed E-state index contributed by atoms with van der Waals surface area (Å²) in [4.78, 5) is 17.6. The Balaban J connectivity index is 1.40. The number of piperidine rings is 1. The van der Waals surface area contributed by atoms with E-state index in [9.17, 15) is 17.9 Å². The van der Waals surface area contributed by atoms with Crippen molar-refractivity contribution < 1.29 is 17.9 Å². The Labute approximate surface area is 229 Å². The number of benzene rings is 1. The van der Waals surface area contributed by atoms with E-state index < -0.39 is 27.5 Å². The minimum absolute atomic E-state index is 0.0321. The largest absolute Gasteiger partial charge is 0.389 e. The summed E-state index contributed by atoms with van der Waals surface area (Å²) >= 11 is 0. The van der Waals surface area contributed by atoms with Crippen LogP contribution >= 0.6 is 0 Å². The lowest BCUT2D eigenvalue weighted by Crippen LogP contribution is -2.55. The number of aliphatic hydroxyl groups excluding tert-OH is 1. The van der Waals surface area contributed by atoms with Gasteiger partial charge in [-0.2, -0.15) is 4.98 Å². The van der Waals surface area contributed by atoms with Gasteiger partial charge in [-0.05, 0) is 35.1 Å². The molecule has 4 heterocycles. The van der Waals surface area contributed by atoms with Crippen LogP contribution in [0.1, 0.15) is 39.2 Å². The standard InChI is InChI=1S/C28H37FN6O3S/c1-17(2)19-6-7-23(34-12-18(13-34)15-39(5,37)38)21-11-31-25(10-20(19)21)32-24-8-9-30-27(33-24)35-14-22(29)26(36)28(3,4)16-35/h6-11,17-18,22,26,36H,12-16H2,1-5H3,(H,30,31,32,33)/t22-,26-/m1/s1. The van der Waals surface area contributed by atoms with Gasteiger partial charge in [0.2, 0.25) is 5.95 Å². The van der Waals surface area contributed by atoms with E-state index in [-0.39, 0.29) is 18.2 Å². The molecule has 2 aliphatic rings. The number of nitrogens with one attached hydrogen (secondary N) is 1. The molecule has 2 saturated heterocycles. The minimum Gasteiger partial charge on any atom is -0.389 e. The Morgan fingerprint density at radius 2 is 1.85 bits per heavy atom. The molecule has 2 aliphatic heterocycles. The Kier molecular flexibility index (Phi) is 7.17. The average Bonchev–Trinajstić information content (AvgIpc) is 2.83. The third-order valence-electron chi connectivity index (χ3n) is 7.69. The maximum absolute atomic E-state index is 14.5. The normalized spacial score (nSPS) is 21.8. The van der Waals surface area contributed by atoms with E-state index in [1.165, 1.54) is 11.8 Å². The van der Waals surface area contributed by atoms with Crippen molar-refractivity contribution in [2.75, 3.05) is 53.3 Å². The van der Waals surface area contributed by atoms with Crippen molar-refractivity contribution in [3.8, 4) is 0 Å². The number of hydrogen-bond acceptors (Lipinski definition) is 9. The molecule has 3 aromatic rings. The molecule has 2 aromatic heterocycles. The molecule has 11 heteroatoms. The fourth-order valence-corrected chi connectivity index (χ4v) is 6.77. The first-order chi connectivity index (χ1) is 18.3. The summed E-state index contributed by atoms with van der Waals surface area (Å²) in [5, 5.41) is 15.6. The summed E-state index contributed by atoms with van der Waals surface area (Å²) in [5.74, 6) is 2.21. The van der Waals surface area contributed by atoms with Crippen molar-refractivity contribution in [1.29, 1.82) is 0 Å². The zero-order valence-corrected chi connectivity index (χ0v) is 23.9. The van der Waals surface area contributed by atoms with Crippen LogP contribution in [0, 0.1) is 11.3 Å². The van der Waals surface area contributed by atoms with E-state index in [2.05, 4.69) is 51.1 Å². The number of aliphatic hydroxyl groups is 1. The fraction of sp³-hybridized carbons (Fsp3) is 0.536. The van der Waals surface area contributed by atoms with E-state index in [1.54, 1.807) is 17.2 Å². The van der Waals surface area contributed by atoms with Crippen LogP contribution in [0.2, 0.25) is 0 Å². The molecule has 2 atom stereocenters.